The predicted molar refractivity (Wildman–Crippen MR) is 67.9 cm³/mol. The van der Waals surface area contributed by atoms with Crippen LogP contribution in [0.4, 0.5) is 14.5 Å². The number of hydrogen-bond donors (Lipinski definition) is 1. The summed E-state index contributed by atoms with van der Waals surface area (Å²) in [6, 6.07) is 9.89. The summed E-state index contributed by atoms with van der Waals surface area (Å²) >= 11 is 0. The zero-order valence-electron chi connectivity index (χ0n) is 9.80. The number of hydrogen-bond acceptors (Lipinski definition) is 1. The van der Waals surface area contributed by atoms with Crippen molar-refractivity contribution in [3.05, 3.63) is 64.7 Å². The Hall–Kier alpha value is -2.34. The molecule has 2 aromatic rings. The van der Waals surface area contributed by atoms with Crippen LogP contribution in [0.3, 0.4) is 0 Å². The molecule has 0 unspecified atom stereocenters. The first-order valence-electron chi connectivity index (χ1n) is 5.40. The molecule has 0 aliphatic rings. The minimum atomic E-state index is -0.911. The van der Waals surface area contributed by atoms with Crippen LogP contribution in [0.15, 0.2) is 36.4 Å². The lowest BCUT2D eigenvalue weighted by Crippen LogP contribution is -1.93. The molecular weight excluding hydrogens is 232 g/mol. The van der Waals surface area contributed by atoms with Gasteiger partial charge < -0.3 is 5.73 Å². The van der Waals surface area contributed by atoms with Gasteiger partial charge in [-0.2, -0.15) is 0 Å². The number of aryl methyl sites for hydroxylation is 1. The Balaban J connectivity index is 2.39. The van der Waals surface area contributed by atoms with Crippen LogP contribution >= 0.6 is 0 Å². The Morgan fingerprint density at radius 1 is 1.00 bits per heavy atom. The molecule has 0 atom stereocenters. The van der Waals surface area contributed by atoms with Gasteiger partial charge in [-0.1, -0.05) is 24.0 Å². The largest absolute Gasteiger partial charge is 0.399 e. The second kappa shape index (κ2) is 4.89. The summed E-state index contributed by atoms with van der Waals surface area (Å²) < 4.78 is 26.9. The van der Waals surface area contributed by atoms with E-state index < -0.39 is 11.6 Å². The van der Waals surface area contributed by atoms with Crippen molar-refractivity contribution in [2.45, 2.75) is 6.92 Å². The highest BCUT2D eigenvalue weighted by Gasteiger charge is 2.08. The molecular formula is C15H11F2N. The first-order valence-corrected chi connectivity index (χ1v) is 5.40. The molecule has 0 fully saturated rings. The van der Waals surface area contributed by atoms with Gasteiger partial charge in [-0.25, -0.2) is 8.78 Å². The molecule has 0 aromatic heterocycles. The van der Waals surface area contributed by atoms with E-state index in [1.807, 2.05) is 0 Å². The molecule has 2 aromatic carbocycles. The second-order valence-corrected chi connectivity index (χ2v) is 3.93. The average molecular weight is 243 g/mol. The summed E-state index contributed by atoms with van der Waals surface area (Å²) in [5.74, 6) is 3.59. The molecule has 0 saturated heterocycles. The van der Waals surface area contributed by atoms with E-state index >= 15 is 0 Å². The third-order valence-electron chi connectivity index (χ3n) is 2.50. The molecule has 18 heavy (non-hydrogen) atoms. The van der Waals surface area contributed by atoms with Crippen LogP contribution in [0.25, 0.3) is 0 Å². The Bertz CT molecular complexity index is 651. The topological polar surface area (TPSA) is 26.0 Å². The van der Waals surface area contributed by atoms with Crippen molar-refractivity contribution in [2.24, 2.45) is 0 Å². The standard InChI is InChI=1S/C15H11F2N/c1-10-5-7-12(15(17)14(10)16)8-6-11-3-2-4-13(18)9-11/h2-5,7,9H,18H2,1H3. The lowest BCUT2D eigenvalue weighted by Gasteiger charge is -1.99. The summed E-state index contributed by atoms with van der Waals surface area (Å²) in [5.41, 5.74) is 7.15. The number of nitrogens with two attached hydrogens (primary N) is 1. The molecule has 0 bridgehead atoms. The first kappa shape index (κ1) is 12.1. The zero-order chi connectivity index (χ0) is 13.1. The van der Waals surface area contributed by atoms with E-state index in [4.69, 9.17) is 5.73 Å². The smallest absolute Gasteiger partial charge is 0.174 e. The lowest BCUT2D eigenvalue weighted by atomic mass is 10.1. The lowest BCUT2D eigenvalue weighted by molar-refractivity contribution is 0.501. The van der Waals surface area contributed by atoms with Gasteiger partial charge in [0.2, 0.25) is 0 Å². The fraction of sp³-hybridized carbons (Fsp3) is 0.0667. The van der Waals surface area contributed by atoms with Crippen LogP contribution in [0.2, 0.25) is 0 Å². The van der Waals surface area contributed by atoms with Gasteiger partial charge in [0.25, 0.3) is 0 Å². The molecule has 0 aliphatic carbocycles. The molecule has 1 nitrogen and oxygen atoms in total. The van der Waals surface area contributed by atoms with E-state index in [9.17, 15) is 8.78 Å². The Kier molecular flexibility index (Phi) is 3.29. The molecule has 0 spiro atoms. The highest BCUT2D eigenvalue weighted by atomic mass is 19.2. The van der Waals surface area contributed by atoms with Gasteiger partial charge >= 0.3 is 0 Å². The number of halogens is 2. The van der Waals surface area contributed by atoms with E-state index in [2.05, 4.69) is 11.8 Å². The minimum Gasteiger partial charge on any atom is -0.399 e. The van der Waals surface area contributed by atoms with E-state index in [-0.39, 0.29) is 11.1 Å². The fourth-order valence-corrected chi connectivity index (χ4v) is 1.50. The fourth-order valence-electron chi connectivity index (χ4n) is 1.50. The van der Waals surface area contributed by atoms with Crippen LogP contribution in [0, 0.1) is 30.4 Å². The normalized spacial score (nSPS) is 9.72. The molecule has 90 valence electrons. The van der Waals surface area contributed by atoms with E-state index in [0.717, 1.165) is 0 Å². The Labute approximate surface area is 104 Å². The van der Waals surface area contributed by atoms with Gasteiger partial charge in [-0.3, -0.25) is 0 Å². The monoisotopic (exact) mass is 243 g/mol. The third-order valence-corrected chi connectivity index (χ3v) is 2.50. The molecule has 0 radical (unpaired) electrons. The number of anilines is 1. The van der Waals surface area contributed by atoms with Crippen molar-refractivity contribution in [3.63, 3.8) is 0 Å². The molecule has 2 N–H and O–H groups in total. The molecule has 2 rings (SSSR count). The van der Waals surface area contributed by atoms with Crippen molar-refractivity contribution in [1.82, 2.24) is 0 Å². The van der Waals surface area contributed by atoms with Crippen LogP contribution in [-0.2, 0) is 0 Å². The number of benzene rings is 2. The van der Waals surface area contributed by atoms with E-state index in [0.29, 0.717) is 11.3 Å². The van der Waals surface area contributed by atoms with Crippen molar-refractivity contribution < 1.29 is 8.78 Å². The van der Waals surface area contributed by atoms with E-state index in [1.54, 1.807) is 24.3 Å². The van der Waals surface area contributed by atoms with Gasteiger partial charge in [-0.15, -0.1) is 0 Å². The highest BCUT2D eigenvalue weighted by molar-refractivity contribution is 5.50. The zero-order valence-corrected chi connectivity index (χ0v) is 9.80. The predicted octanol–water partition coefficient (Wildman–Crippen LogP) is 3.26. The maximum absolute atomic E-state index is 13.5. The Morgan fingerprint density at radius 2 is 1.78 bits per heavy atom. The van der Waals surface area contributed by atoms with Crippen LogP contribution in [0.1, 0.15) is 16.7 Å². The summed E-state index contributed by atoms with van der Waals surface area (Å²) in [6.45, 7) is 1.51. The van der Waals surface area contributed by atoms with Crippen molar-refractivity contribution in [3.8, 4) is 11.8 Å². The summed E-state index contributed by atoms with van der Waals surface area (Å²) in [5, 5.41) is 0. The molecule has 3 heteroatoms. The summed E-state index contributed by atoms with van der Waals surface area (Å²) in [6.07, 6.45) is 0. The van der Waals surface area contributed by atoms with Crippen molar-refractivity contribution in [1.29, 1.82) is 0 Å². The first-order chi connectivity index (χ1) is 8.58. The van der Waals surface area contributed by atoms with Gasteiger partial charge in [0.15, 0.2) is 11.6 Å². The van der Waals surface area contributed by atoms with Crippen LogP contribution in [0.5, 0.6) is 0 Å². The number of nitrogen functional groups attached to an aromatic ring is 1. The summed E-state index contributed by atoms with van der Waals surface area (Å²) in [4.78, 5) is 0. The average Bonchev–Trinajstić information content (AvgIpc) is 2.35. The minimum absolute atomic E-state index is 0.0422. The molecule has 0 saturated carbocycles. The summed E-state index contributed by atoms with van der Waals surface area (Å²) in [7, 11) is 0. The maximum atomic E-state index is 13.5. The number of rotatable bonds is 0. The van der Waals surface area contributed by atoms with Gasteiger partial charge in [0, 0.05) is 11.3 Å². The Morgan fingerprint density at radius 3 is 2.50 bits per heavy atom. The second-order valence-electron chi connectivity index (χ2n) is 3.93. The quantitative estimate of drug-likeness (QED) is 0.558. The van der Waals surface area contributed by atoms with Crippen molar-refractivity contribution in [2.75, 3.05) is 5.73 Å². The molecule has 0 amide bonds. The maximum Gasteiger partial charge on any atom is 0.174 e. The molecule has 0 heterocycles. The van der Waals surface area contributed by atoms with Gasteiger partial charge in [-0.05, 0) is 36.8 Å². The van der Waals surface area contributed by atoms with E-state index in [1.165, 1.54) is 19.1 Å². The van der Waals surface area contributed by atoms with Gasteiger partial charge in [0.1, 0.15) is 0 Å². The van der Waals surface area contributed by atoms with Gasteiger partial charge in [0.05, 0.1) is 5.56 Å². The molecule has 0 aliphatic heterocycles. The van der Waals surface area contributed by atoms with Crippen LogP contribution < -0.4 is 5.73 Å². The van der Waals surface area contributed by atoms with Crippen molar-refractivity contribution >= 4 is 5.69 Å². The SMILES string of the molecule is Cc1ccc(C#Cc2cccc(N)c2)c(F)c1F. The highest BCUT2D eigenvalue weighted by Crippen LogP contribution is 2.15. The third kappa shape index (κ3) is 2.49. The van der Waals surface area contributed by atoms with Crippen LogP contribution in [-0.4, -0.2) is 0 Å².